The van der Waals surface area contributed by atoms with Gasteiger partial charge in [-0.05, 0) is 25.0 Å². The average molecular weight is 280 g/mol. The molecule has 2 aromatic rings. The molecular weight excluding hydrogens is 264 g/mol. The minimum atomic E-state index is -0.878. The van der Waals surface area contributed by atoms with Crippen molar-refractivity contribution in [3.63, 3.8) is 0 Å². The van der Waals surface area contributed by atoms with Crippen molar-refractivity contribution in [2.75, 3.05) is 5.32 Å². The molecule has 0 bridgehead atoms. The van der Waals surface area contributed by atoms with E-state index in [0.717, 1.165) is 29.3 Å². The number of fused-ring (bicyclic) bond motifs is 1. The summed E-state index contributed by atoms with van der Waals surface area (Å²) in [5, 5.41) is 23.8. The summed E-state index contributed by atoms with van der Waals surface area (Å²) in [6.45, 7) is 0. The molecule has 1 saturated carbocycles. The van der Waals surface area contributed by atoms with Crippen LogP contribution in [0.1, 0.15) is 31.2 Å². The highest BCUT2D eigenvalue weighted by molar-refractivity contribution is 5.99. The Labute approximate surface area is 123 Å². The zero-order chi connectivity index (χ0) is 14.9. The molecule has 0 heterocycles. The molecule has 0 aromatic heterocycles. The van der Waals surface area contributed by atoms with Crippen LogP contribution >= 0.6 is 0 Å². The molecule has 0 aliphatic heterocycles. The van der Waals surface area contributed by atoms with E-state index in [1.54, 1.807) is 6.07 Å². The Morgan fingerprint density at radius 3 is 2.43 bits per heavy atom. The lowest BCUT2D eigenvalue weighted by Crippen LogP contribution is -2.43. The van der Waals surface area contributed by atoms with E-state index in [4.69, 9.17) is 0 Å². The van der Waals surface area contributed by atoms with E-state index < -0.39 is 11.5 Å². The van der Waals surface area contributed by atoms with Crippen LogP contribution in [-0.4, -0.2) is 16.6 Å². The van der Waals surface area contributed by atoms with Crippen LogP contribution < -0.4 is 5.32 Å². The highest BCUT2D eigenvalue weighted by Crippen LogP contribution is 2.36. The molecule has 1 aliphatic carbocycles. The Kier molecular flexibility index (Phi) is 3.26. The molecule has 0 spiro atoms. The molecule has 21 heavy (non-hydrogen) atoms. The Balaban J connectivity index is 2.10. The van der Waals surface area contributed by atoms with Gasteiger partial charge >= 0.3 is 5.97 Å². The summed E-state index contributed by atoms with van der Waals surface area (Å²) in [5.74, 6) is -0.798. The van der Waals surface area contributed by atoms with Crippen LogP contribution in [0.4, 0.5) is 5.69 Å². The van der Waals surface area contributed by atoms with Gasteiger partial charge in [-0.15, -0.1) is 0 Å². The Bertz CT molecular complexity index is 740. The number of carboxylic acids is 1. The molecule has 106 valence electrons. The van der Waals surface area contributed by atoms with E-state index in [1.165, 1.54) is 0 Å². The largest absolute Gasteiger partial charge is 0.480 e. The highest BCUT2D eigenvalue weighted by atomic mass is 16.4. The first-order valence-electron chi connectivity index (χ1n) is 7.10. The van der Waals surface area contributed by atoms with Gasteiger partial charge in [-0.3, -0.25) is 0 Å². The summed E-state index contributed by atoms with van der Waals surface area (Å²) < 4.78 is 0. The van der Waals surface area contributed by atoms with Gasteiger partial charge in [0.25, 0.3) is 0 Å². The lowest BCUT2D eigenvalue weighted by Gasteiger charge is -2.27. The van der Waals surface area contributed by atoms with Crippen LogP contribution in [0.2, 0.25) is 0 Å². The molecule has 4 nitrogen and oxygen atoms in total. The number of carbonyl (C=O) groups is 1. The standard InChI is InChI=1S/C17H16N2O2/c18-11-12-7-8-15(14-6-2-1-5-13(12)14)19-17(16(20)21)9-3-4-10-17/h1-2,5-8,19H,3-4,9-10H2,(H,20,21). The molecule has 0 amide bonds. The van der Waals surface area contributed by atoms with Crippen LogP contribution in [0.3, 0.4) is 0 Å². The van der Waals surface area contributed by atoms with Crippen molar-refractivity contribution in [1.82, 2.24) is 0 Å². The topological polar surface area (TPSA) is 73.1 Å². The van der Waals surface area contributed by atoms with E-state index in [0.29, 0.717) is 18.4 Å². The van der Waals surface area contributed by atoms with E-state index in [1.807, 2.05) is 30.3 Å². The number of anilines is 1. The zero-order valence-corrected chi connectivity index (χ0v) is 11.6. The number of rotatable bonds is 3. The third-order valence-electron chi connectivity index (χ3n) is 4.28. The van der Waals surface area contributed by atoms with E-state index in [2.05, 4.69) is 11.4 Å². The highest BCUT2D eigenvalue weighted by Gasteiger charge is 2.41. The lowest BCUT2D eigenvalue weighted by atomic mass is 9.95. The molecular formula is C17H16N2O2. The van der Waals surface area contributed by atoms with Gasteiger partial charge in [0.1, 0.15) is 5.54 Å². The van der Waals surface area contributed by atoms with Gasteiger partial charge in [-0.1, -0.05) is 37.1 Å². The van der Waals surface area contributed by atoms with Crippen molar-refractivity contribution in [2.45, 2.75) is 31.2 Å². The number of nitrogens with zero attached hydrogens (tertiary/aromatic N) is 1. The number of hydrogen-bond donors (Lipinski definition) is 2. The second kappa shape index (κ2) is 5.10. The summed E-state index contributed by atoms with van der Waals surface area (Å²) in [6, 6.07) is 13.3. The first-order valence-corrected chi connectivity index (χ1v) is 7.10. The number of nitrogens with one attached hydrogen (secondary N) is 1. The van der Waals surface area contributed by atoms with Gasteiger partial charge in [0.05, 0.1) is 11.6 Å². The van der Waals surface area contributed by atoms with Crippen LogP contribution in [0, 0.1) is 11.3 Å². The normalized spacial score (nSPS) is 16.5. The molecule has 0 radical (unpaired) electrons. The molecule has 0 atom stereocenters. The predicted octanol–water partition coefficient (Wildman–Crippen LogP) is 3.52. The summed E-state index contributed by atoms with van der Waals surface area (Å²) in [5.41, 5.74) is 0.512. The van der Waals surface area contributed by atoms with Crippen LogP contribution in [0.15, 0.2) is 36.4 Å². The number of carboxylic acid groups (broad SMARTS) is 1. The molecule has 0 unspecified atom stereocenters. The van der Waals surface area contributed by atoms with Crippen molar-refractivity contribution < 1.29 is 9.90 Å². The van der Waals surface area contributed by atoms with Crippen molar-refractivity contribution in [3.8, 4) is 6.07 Å². The molecule has 2 N–H and O–H groups in total. The number of nitriles is 1. The predicted molar refractivity (Wildman–Crippen MR) is 81.1 cm³/mol. The minimum absolute atomic E-state index is 0.604. The van der Waals surface area contributed by atoms with Crippen molar-refractivity contribution in [2.24, 2.45) is 0 Å². The molecule has 1 aliphatic rings. The quantitative estimate of drug-likeness (QED) is 0.902. The van der Waals surface area contributed by atoms with Crippen molar-refractivity contribution in [1.29, 1.82) is 5.26 Å². The molecule has 4 heteroatoms. The minimum Gasteiger partial charge on any atom is -0.480 e. The number of benzene rings is 2. The zero-order valence-electron chi connectivity index (χ0n) is 11.6. The van der Waals surface area contributed by atoms with Gasteiger partial charge in [-0.25, -0.2) is 4.79 Å². The van der Waals surface area contributed by atoms with Gasteiger partial charge in [0, 0.05) is 16.5 Å². The summed E-state index contributed by atoms with van der Waals surface area (Å²) in [6.07, 6.45) is 3.12. The second-order valence-electron chi connectivity index (χ2n) is 5.54. The van der Waals surface area contributed by atoms with Crippen LogP contribution in [0.25, 0.3) is 10.8 Å². The summed E-state index contributed by atoms with van der Waals surface area (Å²) >= 11 is 0. The summed E-state index contributed by atoms with van der Waals surface area (Å²) in [7, 11) is 0. The lowest BCUT2D eigenvalue weighted by molar-refractivity contribution is -0.142. The maximum Gasteiger partial charge on any atom is 0.329 e. The van der Waals surface area contributed by atoms with E-state index >= 15 is 0 Å². The fourth-order valence-electron chi connectivity index (χ4n) is 3.13. The van der Waals surface area contributed by atoms with Gasteiger partial charge in [0.2, 0.25) is 0 Å². The Morgan fingerprint density at radius 1 is 1.14 bits per heavy atom. The fraction of sp³-hybridized carbons (Fsp3) is 0.294. The van der Waals surface area contributed by atoms with Crippen molar-refractivity contribution in [3.05, 3.63) is 42.0 Å². The Hall–Kier alpha value is -2.54. The van der Waals surface area contributed by atoms with Crippen molar-refractivity contribution >= 4 is 22.4 Å². The maximum absolute atomic E-state index is 11.7. The van der Waals surface area contributed by atoms with E-state index in [-0.39, 0.29) is 0 Å². The van der Waals surface area contributed by atoms with Gasteiger partial charge < -0.3 is 10.4 Å². The van der Waals surface area contributed by atoms with Gasteiger partial charge in [0.15, 0.2) is 0 Å². The fourth-order valence-corrected chi connectivity index (χ4v) is 3.13. The second-order valence-corrected chi connectivity index (χ2v) is 5.54. The average Bonchev–Trinajstić information content (AvgIpc) is 2.98. The van der Waals surface area contributed by atoms with Crippen LogP contribution in [-0.2, 0) is 4.79 Å². The van der Waals surface area contributed by atoms with Gasteiger partial charge in [-0.2, -0.15) is 5.26 Å². The number of hydrogen-bond acceptors (Lipinski definition) is 3. The third-order valence-corrected chi connectivity index (χ3v) is 4.28. The monoisotopic (exact) mass is 280 g/mol. The molecule has 2 aromatic carbocycles. The SMILES string of the molecule is N#Cc1ccc(NC2(C(=O)O)CCCC2)c2ccccc12. The first-order chi connectivity index (χ1) is 10.2. The Morgan fingerprint density at radius 2 is 1.81 bits per heavy atom. The molecule has 1 fully saturated rings. The third kappa shape index (κ3) is 2.21. The molecule has 0 saturated heterocycles. The first kappa shape index (κ1) is 13.4. The smallest absolute Gasteiger partial charge is 0.329 e. The maximum atomic E-state index is 11.7. The summed E-state index contributed by atoms with van der Waals surface area (Å²) in [4.78, 5) is 11.7. The molecule has 3 rings (SSSR count). The van der Waals surface area contributed by atoms with E-state index in [9.17, 15) is 15.2 Å². The number of aliphatic carboxylic acids is 1. The van der Waals surface area contributed by atoms with Crippen LogP contribution in [0.5, 0.6) is 0 Å².